The van der Waals surface area contributed by atoms with Gasteiger partial charge in [-0.05, 0) is 37.4 Å². The van der Waals surface area contributed by atoms with Crippen molar-refractivity contribution >= 4 is 15.9 Å². The smallest absolute Gasteiger partial charge is 0.0507 e. The maximum atomic E-state index is 6.24. The Morgan fingerprint density at radius 3 is 2.84 bits per heavy atom. The van der Waals surface area contributed by atoms with Crippen molar-refractivity contribution in [3.05, 3.63) is 34.3 Å². The lowest BCUT2D eigenvalue weighted by molar-refractivity contribution is 0.143. The molecule has 2 N–H and O–H groups in total. The fourth-order valence-corrected chi connectivity index (χ4v) is 3.53. The van der Waals surface area contributed by atoms with Gasteiger partial charge in [0.2, 0.25) is 0 Å². The molecule has 1 aliphatic rings. The molecule has 106 valence electrons. The highest BCUT2D eigenvalue weighted by molar-refractivity contribution is 9.10. The van der Waals surface area contributed by atoms with E-state index in [9.17, 15) is 0 Å². The van der Waals surface area contributed by atoms with Gasteiger partial charge in [-0.1, -0.05) is 34.1 Å². The zero-order chi connectivity index (χ0) is 13.8. The first kappa shape index (κ1) is 15.0. The zero-order valence-corrected chi connectivity index (χ0v) is 13.3. The summed E-state index contributed by atoms with van der Waals surface area (Å²) in [7, 11) is 1.78. The Hall–Kier alpha value is -0.420. The van der Waals surface area contributed by atoms with Crippen LogP contribution in [0.15, 0.2) is 28.7 Å². The number of methoxy groups -OCH3 is 1. The van der Waals surface area contributed by atoms with Crippen LogP contribution in [0.5, 0.6) is 0 Å². The van der Waals surface area contributed by atoms with E-state index in [1.54, 1.807) is 7.11 Å². The van der Waals surface area contributed by atoms with Gasteiger partial charge in [-0.3, -0.25) is 4.90 Å². The normalized spacial score (nSPS) is 23.5. The Labute approximate surface area is 124 Å². The molecule has 2 rings (SSSR count). The number of hydrogen-bond donors (Lipinski definition) is 1. The average molecular weight is 327 g/mol. The number of halogens is 1. The van der Waals surface area contributed by atoms with Gasteiger partial charge in [0.15, 0.2) is 0 Å². The summed E-state index contributed by atoms with van der Waals surface area (Å²) in [5, 5.41) is 0. The monoisotopic (exact) mass is 326 g/mol. The molecule has 0 saturated carbocycles. The molecule has 0 aromatic heterocycles. The summed E-state index contributed by atoms with van der Waals surface area (Å²) >= 11 is 3.65. The maximum absolute atomic E-state index is 6.24. The van der Waals surface area contributed by atoms with Crippen LogP contribution in [0.1, 0.15) is 24.9 Å². The predicted octanol–water partition coefficient (Wildman–Crippen LogP) is 2.81. The van der Waals surface area contributed by atoms with Gasteiger partial charge in [-0.15, -0.1) is 0 Å². The van der Waals surface area contributed by atoms with Crippen molar-refractivity contribution in [1.29, 1.82) is 0 Å². The molecule has 3 unspecified atom stereocenters. The molecule has 0 spiro atoms. The largest absolute Gasteiger partial charge is 0.384 e. The van der Waals surface area contributed by atoms with Gasteiger partial charge in [0.05, 0.1) is 12.6 Å². The first-order valence-electron chi connectivity index (χ1n) is 6.86. The van der Waals surface area contributed by atoms with Crippen LogP contribution >= 0.6 is 15.9 Å². The lowest BCUT2D eigenvalue weighted by Crippen LogP contribution is -2.38. The van der Waals surface area contributed by atoms with E-state index in [-0.39, 0.29) is 12.1 Å². The van der Waals surface area contributed by atoms with Crippen LogP contribution in [-0.2, 0) is 4.74 Å². The predicted molar refractivity (Wildman–Crippen MR) is 82.1 cm³/mol. The standard InChI is InChI=1S/C15H23BrN2O/c1-11(17)15(13-5-3-4-6-14(13)16)18-8-7-12(9-18)10-19-2/h3-6,11-12,15H,7-10,17H2,1-2H3. The quantitative estimate of drug-likeness (QED) is 0.904. The Morgan fingerprint density at radius 1 is 1.47 bits per heavy atom. The molecule has 4 heteroatoms. The first-order valence-corrected chi connectivity index (χ1v) is 7.65. The van der Waals surface area contributed by atoms with Crippen LogP contribution in [0.2, 0.25) is 0 Å². The van der Waals surface area contributed by atoms with Crippen LogP contribution in [0.3, 0.4) is 0 Å². The number of likely N-dealkylation sites (tertiary alicyclic amines) is 1. The van der Waals surface area contributed by atoms with E-state index in [0.29, 0.717) is 5.92 Å². The molecule has 1 saturated heterocycles. The molecular weight excluding hydrogens is 304 g/mol. The van der Waals surface area contributed by atoms with Crippen molar-refractivity contribution in [1.82, 2.24) is 4.90 Å². The average Bonchev–Trinajstić information content (AvgIpc) is 2.80. The van der Waals surface area contributed by atoms with Crippen molar-refractivity contribution in [2.24, 2.45) is 11.7 Å². The Kier molecular flexibility index (Phi) is 5.39. The van der Waals surface area contributed by atoms with E-state index in [0.717, 1.165) is 24.2 Å². The van der Waals surface area contributed by atoms with Gasteiger partial charge in [0, 0.05) is 24.2 Å². The minimum Gasteiger partial charge on any atom is -0.384 e. The molecule has 0 amide bonds. The van der Waals surface area contributed by atoms with Crippen molar-refractivity contribution in [3.8, 4) is 0 Å². The third-order valence-corrected chi connectivity index (χ3v) is 4.56. The van der Waals surface area contributed by atoms with E-state index >= 15 is 0 Å². The zero-order valence-electron chi connectivity index (χ0n) is 11.7. The van der Waals surface area contributed by atoms with Gasteiger partial charge >= 0.3 is 0 Å². The highest BCUT2D eigenvalue weighted by Gasteiger charge is 2.31. The Balaban J connectivity index is 2.16. The van der Waals surface area contributed by atoms with Crippen molar-refractivity contribution in [3.63, 3.8) is 0 Å². The summed E-state index contributed by atoms with van der Waals surface area (Å²) in [5.74, 6) is 0.633. The number of nitrogens with two attached hydrogens (primary N) is 1. The van der Waals surface area contributed by atoms with Gasteiger partial charge in [-0.2, -0.15) is 0 Å². The molecule has 0 aliphatic carbocycles. The molecule has 1 heterocycles. The van der Waals surface area contributed by atoms with Crippen molar-refractivity contribution in [2.75, 3.05) is 26.8 Å². The number of hydrogen-bond acceptors (Lipinski definition) is 3. The topological polar surface area (TPSA) is 38.5 Å². The molecule has 19 heavy (non-hydrogen) atoms. The second kappa shape index (κ2) is 6.84. The summed E-state index contributed by atoms with van der Waals surface area (Å²) < 4.78 is 6.42. The molecule has 1 aromatic carbocycles. The van der Waals surface area contributed by atoms with Crippen LogP contribution in [0.25, 0.3) is 0 Å². The highest BCUT2D eigenvalue weighted by Crippen LogP contribution is 2.33. The molecule has 3 nitrogen and oxygen atoms in total. The maximum Gasteiger partial charge on any atom is 0.0507 e. The number of nitrogens with zero attached hydrogens (tertiary/aromatic N) is 1. The summed E-state index contributed by atoms with van der Waals surface area (Å²) in [4.78, 5) is 2.49. The molecule has 3 atom stereocenters. The van der Waals surface area contributed by atoms with Crippen molar-refractivity contribution in [2.45, 2.75) is 25.4 Å². The molecule has 1 aliphatic heterocycles. The van der Waals surface area contributed by atoms with Gasteiger partial charge in [0.1, 0.15) is 0 Å². The number of rotatable bonds is 5. The van der Waals surface area contributed by atoms with Crippen LogP contribution in [0.4, 0.5) is 0 Å². The van der Waals surface area contributed by atoms with Gasteiger partial charge in [-0.25, -0.2) is 0 Å². The van der Waals surface area contributed by atoms with E-state index in [1.165, 1.54) is 12.0 Å². The third-order valence-electron chi connectivity index (χ3n) is 3.83. The number of benzene rings is 1. The van der Waals surface area contributed by atoms with E-state index in [4.69, 9.17) is 10.5 Å². The molecule has 0 bridgehead atoms. The van der Waals surface area contributed by atoms with Gasteiger partial charge in [0.25, 0.3) is 0 Å². The van der Waals surface area contributed by atoms with Gasteiger partial charge < -0.3 is 10.5 Å². The lowest BCUT2D eigenvalue weighted by atomic mass is 9.99. The molecule has 0 radical (unpaired) electrons. The summed E-state index contributed by atoms with van der Waals surface area (Å²) in [6.07, 6.45) is 1.20. The van der Waals surface area contributed by atoms with Crippen LogP contribution < -0.4 is 5.73 Å². The summed E-state index contributed by atoms with van der Waals surface area (Å²) in [6, 6.07) is 8.77. The second-order valence-electron chi connectivity index (χ2n) is 5.43. The molecular formula is C15H23BrN2O. The van der Waals surface area contributed by atoms with Crippen LogP contribution in [-0.4, -0.2) is 37.7 Å². The minimum absolute atomic E-state index is 0.111. The third kappa shape index (κ3) is 3.57. The minimum atomic E-state index is 0.111. The fourth-order valence-electron chi connectivity index (χ4n) is 3.01. The highest BCUT2D eigenvalue weighted by atomic mass is 79.9. The second-order valence-corrected chi connectivity index (χ2v) is 6.28. The SMILES string of the molecule is COCC1CCN(C(c2ccccc2Br)C(C)N)C1. The van der Waals surface area contributed by atoms with E-state index < -0.39 is 0 Å². The number of ether oxygens (including phenoxy) is 1. The lowest BCUT2D eigenvalue weighted by Gasteiger charge is -2.32. The Bertz CT molecular complexity index is 411. The fraction of sp³-hybridized carbons (Fsp3) is 0.600. The van der Waals surface area contributed by atoms with Crippen molar-refractivity contribution < 1.29 is 4.74 Å². The van der Waals surface area contributed by atoms with E-state index in [1.807, 2.05) is 6.07 Å². The summed E-state index contributed by atoms with van der Waals surface area (Å²) in [5.41, 5.74) is 7.53. The first-order chi connectivity index (χ1) is 9.13. The Morgan fingerprint density at radius 2 is 2.21 bits per heavy atom. The van der Waals surface area contributed by atoms with E-state index in [2.05, 4.69) is 46.0 Å². The summed E-state index contributed by atoms with van der Waals surface area (Å²) in [6.45, 7) is 5.11. The molecule has 1 aromatic rings. The molecule has 1 fully saturated rings. The van der Waals surface area contributed by atoms with Crippen LogP contribution in [0, 0.1) is 5.92 Å².